The molecule has 0 radical (unpaired) electrons. The summed E-state index contributed by atoms with van der Waals surface area (Å²) in [6.45, 7) is 0. The van der Waals surface area contributed by atoms with Crippen LogP contribution in [0.4, 0.5) is 4.39 Å². The fraction of sp³-hybridized carbons (Fsp3) is 0.0769. The average molecular weight is 237 g/mol. The van der Waals surface area contributed by atoms with Crippen molar-refractivity contribution in [3.8, 4) is 0 Å². The van der Waals surface area contributed by atoms with Crippen molar-refractivity contribution >= 4 is 11.6 Å². The predicted molar refractivity (Wildman–Crippen MR) is 61.9 cm³/mol. The van der Waals surface area contributed by atoms with Crippen LogP contribution in [0.2, 0.25) is 5.02 Å². The standard InChI is InChI=1S/C13H10ClFO/c14-10-6-7-11(12(15)8-10)13(16)9-4-2-1-3-5-9/h1-8,13,16H. The Morgan fingerprint density at radius 3 is 2.38 bits per heavy atom. The van der Waals surface area contributed by atoms with Crippen molar-refractivity contribution in [1.82, 2.24) is 0 Å². The second kappa shape index (κ2) is 4.64. The van der Waals surface area contributed by atoms with E-state index in [1.807, 2.05) is 6.07 Å². The van der Waals surface area contributed by atoms with Crippen molar-refractivity contribution in [2.75, 3.05) is 0 Å². The number of benzene rings is 2. The minimum Gasteiger partial charge on any atom is -0.384 e. The van der Waals surface area contributed by atoms with Crippen molar-refractivity contribution in [2.24, 2.45) is 0 Å². The van der Waals surface area contributed by atoms with Crippen LogP contribution < -0.4 is 0 Å². The summed E-state index contributed by atoms with van der Waals surface area (Å²) in [5.41, 5.74) is 0.888. The number of rotatable bonds is 2. The zero-order valence-corrected chi connectivity index (χ0v) is 9.16. The highest BCUT2D eigenvalue weighted by molar-refractivity contribution is 6.30. The Bertz CT molecular complexity index is 485. The fourth-order valence-electron chi connectivity index (χ4n) is 1.54. The number of aliphatic hydroxyl groups is 1. The molecule has 0 aromatic heterocycles. The molecular weight excluding hydrogens is 227 g/mol. The van der Waals surface area contributed by atoms with Crippen LogP contribution in [0.25, 0.3) is 0 Å². The van der Waals surface area contributed by atoms with E-state index in [1.165, 1.54) is 12.1 Å². The van der Waals surface area contributed by atoms with Gasteiger partial charge in [-0.15, -0.1) is 0 Å². The Labute approximate surface area is 98.1 Å². The number of halogens is 2. The first-order valence-electron chi connectivity index (χ1n) is 4.86. The van der Waals surface area contributed by atoms with Crippen LogP contribution >= 0.6 is 11.6 Å². The number of hydrogen-bond acceptors (Lipinski definition) is 1. The van der Waals surface area contributed by atoms with Gasteiger partial charge in [-0.25, -0.2) is 4.39 Å². The van der Waals surface area contributed by atoms with Gasteiger partial charge in [0.1, 0.15) is 11.9 Å². The zero-order valence-electron chi connectivity index (χ0n) is 8.40. The molecule has 3 heteroatoms. The van der Waals surface area contributed by atoms with Crippen molar-refractivity contribution in [3.05, 3.63) is 70.5 Å². The van der Waals surface area contributed by atoms with E-state index in [2.05, 4.69) is 0 Å². The van der Waals surface area contributed by atoms with E-state index in [1.54, 1.807) is 30.3 Å². The van der Waals surface area contributed by atoms with Crippen molar-refractivity contribution in [3.63, 3.8) is 0 Å². The maximum atomic E-state index is 13.5. The van der Waals surface area contributed by atoms with Gasteiger partial charge in [-0.05, 0) is 17.7 Å². The molecule has 0 aliphatic rings. The van der Waals surface area contributed by atoms with Crippen molar-refractivity contribution in [2.45, 2.75) is 6.10 Å². The van der Waals surface area contributed by atoms with E-state index in [0.29, 0.717) is 10.6 Å². The summed E-state index contributed by atoms with van der Waals surface area (Å²) in [4.78, 5) is 0. The molecule has 2 aromatic carbocycles. The Morgan fingerprint density at radius 2 is 1.75 bits per heavy atom. The van der Waals surface area contributed by atoms with E-state index in [-0.39, 0.29) is 5.56 Å². The minimum absolute atomic E-state index is 0.232. The largest absolute Gasteiger partial charge is 0.384 e. The topological polar surface area (TPSA) is 20.2 Å². The van der Waals surface area contributed by atoms with Gasteiger partial charge in [0, 0.05) is 10.6 Å². The molecule has 0 saturated carbocycles. The van der Waals surface area contributed by atoms with Crippen molar-refractivity contribution in [1.29, 1.82) is 0 Å². The van der Waals surface area contributed by atoms with Crippen LogP contribution in [0.15, 0.2) is 48.5 Å². The lowest BCUT2D eigenvalue weighted by atomic mass is 10.0. The normalized spacial score (nSPS) is 12.4. The minimum atomic E-state index is -0.960. The quantitative estimate of drug-likeness (QED) is 0.845. The highest BCUT2D eigenvalue weighted by Crippen LogP contribution is 2.25. The van der Waals surface area contributed by atoms with E-state index in [0.717, 1.165) is 0 Å². The molecule has 16 heavy (non-hydrogen) atoms. The summed E-state index contributed by atoms with van der Waals surface area (Å²) in [5, 5.41) is 10.3. The van der Waals surface area contributed by atoms with Crippen LogP contribution in [0.3, 0.4) is 0 Å². The van der Waals surface area contributed by atoms with Gasteiger partial charge in [0.05, 0.1) is 0 Å². The third-order valence-corrected chi connectivity index (χ3v) is 2.61. The maximum absolute atomic E-state index is 13.5. The Hall–Kier alpha value is -1.38. The third kappa shape index (κ3) is 2.23. The monoisotopic (exact) mass is 236 g/mol. The number of hydrogen-bond donors (Lipinski definition) is 1. The van der Waals surface area contributed by atoms with Crippen LogP contribution in [0.1, 0.15) is 17.2 Å². The van der Waals surface area contributed by atoms with Gasteiger partial charge in [0.25, 0.3) is 0 Å². The summed E-state index contributed by atoms with van der Waals surface area (Å²) in [5.74, 6) is -0.496. The molecule has 82 valence electrons. The maximum Gasteiger partial charge on any atom is 0.130 e. The molecule has 1 atom stereocenters. The molecule has 0 heterocycles. The first kappa shape index (κ1) is 11.1. The summed E-state index contributed by atoms with van der Waals surface area (Å²) in [7, 11) is 0. The molecule has 2 aromatic rings. The van der Waals surface area contributed by atoms with Gasteiger partial charge >= 0.3 is 0 Å². The smallest absolute Gasteiger partial charge is 0.130 e. The van der Waals surface area contributed by atoms with Gasteiger partial charge in [-0.2, -0.15) is 0 Å². The summed E-state index contributed by atoms with van der Waals surface area (Å²) >= 11 is 5.65. The molecule has 1 N–H and O–H groups in total. The molecule has 0 saturated heterocycles. The average Bonchev–Trinajstić information content (AvgIpc) is 2.29. The van der Waals surface area contributed by atoms with Crippen LogP contribution in [0.5, 0.6) is 0 Å². The number of aliphatic hydroxyl groups excluding tert-OH is 1. The highest BCUT2D eigenvalue weighted by atomic mass is 35.5. The highest BCUT2D eigenvalue weighted by Gasteiger charge is 2.14. The van der Waals surface area contributed by atoms with E-state index < -0.39 is 11.9 Å². The molecule has 0 bridgehead atoms. The Kier molecular flexibility index (Phi) is 3.22. The second-order valence-corrected chi connectivity index (χ2v) is 3.92. The zero-order chi connectivity index (χ0) is 11.5. The lowest BCUT2D eigenvalue weighted by Gasteiger charge is -2.12. The van der Waals surface area contributed by atoms with Gasteiger partial charge in [0.2, 0.25) is 0 Å². The fourth-order valence-corrected chi connectivity index (χ4v) is 1.70. The van der Waals surface area contributed by atoms with E-state index in [9.17, 15) is 9.50 Å². The Morgan fingerprint density at radius 1 is 1.06 bits per heavy atom. The second-order valence-electron chi connectivity index (χ2n) is 3.48. The molecular formula is C13H10ClFO. The molecule has 0 aliphatic carbocycles. The molecule has 1 nitrogen and oxygen atoms in total. The first-order chi connectivity index (χ1) is 7.68. The molecule has 0 fully saturated rings. The third-order valence-electron chi connectivity index (χ3n) is 2.37. The van der Waals surface area contributed by atoms with Gasteiger partial charge in [-0.1, -0.05) is 48.0 Å². The molecule has 2 rings (SSSR count). The van der Waals surface area contributed by atoms with Gasteiger partial charge in [0.15, 0.2) is 0 Å². The van der Waals surface area contributed by atoms with Crippen LogP contribution in [0, 0.1) is 5.82 Å². The SMILES string of the molecule is OC(c1ccccc1)c1ccc(Cl)cc1F. The van der Waals surface area contributed by atoms with Gasteiger partial charge in [-0.3, -0.25) is 0 Å². The predicted octanol–water partition coefficient (Wildman–Crippen LogP) is 3.56. The molecule has 0 amide bonds. The Balaban J connectivity index is 2.38. The summed E-state index contributed by atoms with van der Waals surface area (Å²) in [6, 6.07) is 13.2. The van der Waals surface area contributed by atoms with Crippen LogP contribution in [-0.4, -0.2) is 5.11 Å². The van der Waals surface area contributed by atoms with E-state index in [4.69, 9.17) is 11.6 Å². The first-order valence-corrected chi connectivity index (χ1v) is 5.24. The summed E-state index contributed by atoms with van der Waals surface area (Å²) < 4.78 is 13.5. The summed E-state index contributed by atoms with van der Waals surface area (Å²) in [6.07, 6.45) is -0.960. The molecule has 0 aliphatic heterocycles. The van der Waals surface area contributed by atoms with Gasteiger partial charge < -0.3 is 5.11 Å². The van der Waals surface area contributed by atoms with E-state index >= 15 is 0 Å². The molecule has 1 unspecified atom stereocenters. The lowest BCUT2D eigenvalue weighted by molar-refractivity contribution is 0.215. The van der Waals surface area contributed by atoms with Crippen molar-refractivity contribution < 1.29 is 9.50 Å². The van der Waals surface area contributed by atoms with Crippen LogP contribution in [-0.2, 0) is 0 Å². The lowest BCUT2D eigenvalue weighted by Crippen LogP contribution is -2.02. The molecule has 0 spiro atoms.